The van der Waals surface area contributed by atoms with Crippen LogP contribution >= 0.6 is 11.6 Å². The summed E-state index contributed by atoms with van der Waals surface area (Å²) in [7, 11) is 0. The van der Waals surface area contributed by atoms with Crippen LogP contribution in [-0.2, 0) is 10.3 Å². The van der Waals surface area contributed by atoms with E-state index in [1.54, 1.807) is 12.1 Å². The normalized spacial score (nSPS) is 25.1. The van der Waals surface area contributed by atoms with Crippen LogP contribution in [0, 0.1) is 17.7 Å². The van der Waals surface area contributed by atoms with Crippen LogP contribution in [0.5, 0.6) is 0 Å². The number of urea groups is 1. The van der Waals surface area contributed by atoms with Gasteiger partial charge in [0.2, 0.25) is 0 Å². The SMILES string of the molecule is CCN(C(=O)NC1(c2ccc(Cl)cc2)CC1)C1CCN(CC2CN(C(C(=O)O)C3CCCCC3)CC2c2cccc(F)c2)CC1. The number of nitrogens with zero attached hydrogens (tertiary/aromatic N) is 3. The van der Waals surface area contributed by atoms with Crippen LogP contribution in [-0.4, -0.2) is 83.2 Å². The monoisotopic (exact) mass is 638 g/mol. The zero-order valence-corrected chi connectivity index (χ0v) is 27.2. The molecular weight excluding hydrogens is 591 g/mol. The molecule has 4 fully saturated rings. The van der Waals surface area contributed by atoms with Crippen LogP contribution in [0.4, 0.5) is 9.18 Å². The summed E-state index contributed by atoms with van der Waals surface area (Å²) < 4.78 is 14.4. The first kappa shape index (κ1) is 32.3. The van der Waals surface area contributed by atoms with Crippen molar-refractivity contribution in [1.29, 1.82) is 0 Å². The third kappa shape index (κ3) is 7.34. The summed E-state index contributed by atoms with van der Waals surface area (Å²) in [6, 6.07) is 14.4. The first-order valence-corrected chi connectivity index (χ1v) is 17.4. The molecule has 2 amide bonds. The molecule has 0 bridgehead atoms. The number of carbonyl (C=O) groups is 2. The van der Waals surface area contributed by atoms with Gasteiger partial charge in [-0.15, -0.1) is 0 Å². The quantitative estimate of drug-likeness (QED) is 0.302. The average Bonchev–Trinajstić information content (AvgIpc) is 3.70. The molecule has 2 saturated heterocycles. The number of benzene rings is 2. The Bertz CT molecular complexity index is 1320. The molecule has 2 aliphatic heterocycles. The van der Waals surface area contributed by atoms with E-state index in [1.165, 1.54) is 12.5 Å². The van der Waals surface area contributed by atoms with Crippen LogP contribution in [0.25, 0.3) is 0 Å². The van der Waals surface area contributed by atoms with Crippen molar-refractivity contribution in [2.45, 2.75) is 88.3 Å². The van der Waals surface area contributed by atoms with E-state index < -0.39 is 12.0 Å². The molecule has 2 aliphatic carbocycles. The molecule has 0 spiro atoms. The zero-order valence-electron chi connectivity index (χ0n) is 26.5. The molecule has 45 heavy (non-hydrogen) atoms. The van der Waals surface area contributed by atoms with Crippen LogP contribution in [0.3, 0.4) is 0 Å². The van der Waals surface area contributed by atoms with Gasteiger partial charge in [-0.3, -0.25) is 9.69 Å². The van der Waals surface area contributed by atoms with Gasteiger partial charge in [0.15, 0.2) is 0 Å². The maximum Gasteiger partial charge on any atom is 0.321 e. The van der Waals surface area contributed by atoms with Crippen LogP contribution in [0.2, 0.25) is 5.02 Å². The van der Waals surface area contributed by atoms with Gasteiger partial charge in [0, 0.05) is 56.3 Å². The second-order valence-corrected chi connectivity index (χ2v) is 14.3. The molecule has 4 aliphatic rings. The lowest BCUT2D eigenvalue weighted by Gasteiger charge is -2.40. The summed E-state index contributed by atoms with van der Waals surface area (Å²) in [4.78, 5) is 32.8. The van der Waals surface area contributed by atoms with E-state index in [0.29, 0.717) is 24.7 Å². The fourth-order valence-electron chi connectivity index (χ4n) is 8.51. The second-order valence-electron chi connectivity index (χ2n) is 13.9. The van der Waals surface area contributed by atoms with E-state index >= 15 is 0 Å². The topological polar surface area (TPSA) is 76.1 Å². The highest BCUT2D eigenvalue weighted by molar-refractivity contribution is 6.30. The van der Waals surface area contributed by atoms with Gasteiger partial charge in [-0.2, -0.15) is 0 Å². The molecule has 2 aromatic carbocycles. The molecule has 2 saturated carbocycles. The van der Waals surface area contributed by atoms with Crippen molar-refractivity contribution >= 4 is 23.6 Å². The van der Waals surface area contributed by atoms with E-state index in [0.717, 1.165) is 82.1 Å². The Hall–Kier alpha value is -2.68. The number of likely N-dealkylation sites (tertiary alicyclic amines) is 2. The number of nitrogens with one attached hydrogen (secondary N) is 1. The number of hydrogen-bond donors (Lipinski definition) is 2. The lowest BCUT2D eigenvalue weighted by Crippen LogP contribution is -2.53. The maximum atomic E-state index is 14.4. The van der Waals surface area contributed by atoms with Crippen molar-refractivity contribution in [3.63, 3.8) is 0 Å². The number of carbonyl (C=O) groups excluding carboxylic acids is 1. The van der Waals surface area contributed by atoms with Gasteiger partial charge in [0.25, 0.3) is 0 Å². The van der Waals surface area contributed by atoms with Gasteiger partial charge in [-0.1, -0.05) is 55.1 Å². The highest BCUT2D eigenvalue weighted by Crippen LogP contribution is 2.46. The van der Waals surface area contributed by atoms with Gasteiger partial charge in [0.05, 0.1) is 5.54 Å². The van der Waals surface area contributed by atoms with Crippen molar-refractivity contribution in [3.8, 4) is 0 Å². The summed E-state index contributed by atoms with van der Waals surface area (Å²) in [5.74, 6) is -0.477. The number of carboxylic acids is 1. The number of halogens is 2. The summed E-state index contributed by atoms with van der Waals surface area (Å²) in [6.45, 7) is 6.68. The second kappa shape index (κ2) is 14.0. The summed E-state index contributed by atoms with van der Waals surface area (Å²) in [5, 5.41) is 14.4. The first-order valence-electron chi connectivity index (χ1n) is 17.1. The lowest BCUT2D eigenvalue weighted by molar-refractivity contribution is -0.145. The minimum atomic E-state index is -0.719. The Morgan fingerprint density at radius 2 is 1.76 bits per heavy atom. The highest BCUT2D eigenvalue weighted by Gasteiger charge is 2.47. The molecule has 3 atom stereocenters. The third-order valence-corrected chi connectivity index (χ3v) is 11.3. The molecule has 3 unspecified atom stereocenters. The molecule has 244 valence electrons. The molecule has 2 N–H and O–H groups in total. The van der Waals surface area contributed by atoms with Crippen molar-refractivity contribution in [2.24, 2.45) is 11.8 Å². The fraction of sp³-hybridized carbons (Fsp3) is 0.611. The van der Waals surface area contributed by atoms with E-state index in [4.69, 9.17) is 11.6 Å². The van der Waals surface area contributed by atoms with Gasteiger partial charge in [-0.05, 0) is 92.7 Å². The van der Waals surface area contributed by atoms with Crippen LogP contribution in [0.1, 0.15) is 81.8 Å². The third-order valence-electron chi connectivity index (χ3n) is 11.1. The molecule has 2 aromatic rings. The number of hydrogen-bond acceptors (Lipinski definition) is 4. The molecular formula is C36H48ClFN4O3. The number of piperidine rings is 1. The number of rotatable bonds is 10. The molecule has 0 radical (unpaired) electrons. The number of carboxylic acid groups (broad SMARTS) is 1. The largest absolute Gasteiger partial charge is 0.480 e. The van der Waals surface area contributed by atoms with Crippen molar-refractivity contribution in [1.82, 2.24) is 20.0 Å². The Morgan fingerprint density at radius 3 is 2.38 bits per heavy atom. The maximum absolute atomic E-state index is 14.4. The van der Waals surface area contributed by atoms with E-state index in [9.17, 15) is 19.1 Å². The Balaban J connectivity index is 1.09. The molecule has 7 nitrogen and oxygen atoms in total. The molecule has 6 rings (SSSR count). The van der Waals surface area contributed by atoms with Crippen LogP contribution < -0.4 is 5.32 Å². The Morgan fingerprint density at radius 1 is 1.04 bits per heavy atom. The van der Waals surface area contributed by atoms with E-state index in [2.05, 4.69) is 22.0 Å². The molecule has 2 heterocycles. The van der Waals surface area contributed by atoms with Gasteiger partial charge < -0.3 is 20.2 Å². The van der Waals surface area contributed by atoms with Crippen LogP contribution in [0.15, 0.2) is 48.5 Å². The summed E-state index contributed by atoms with van der Waals surface area (Å²) >= 11 is 6.10. The molecule has 9 heteroatoms. The van der Waals surface area contributed by atoms with Gasteiger partial charge in [-0.25, -0.2) is 9.18 Å². The van der Waals surface area contributed by atoms with Gasteiger partial charge >= 0.3 is 12.0 Å². The molecule has 0 aromatic heterocycles. The standard InChI is InChI=1S/C36H48ClFN4O3/c1-2-42(35(45)39-36(17-18-36)28-11-13-29(37)14-12-28)31-15-19-40(20-16-31)22-27-23-41(24-32(27)26-9-6-10-30(38)21-26)33(34(43)44)25-7-4-3-5-8-25/h6,9-14,21,25,27,31-33H,2-5,7-8,15-20,22-24H2,1H3,(H,39,45)(H,43,44). The summed E-state index contributed by atoms with van der Waals surface area (Å²) in [6.07, 6.45) is 9.00. The first-order chi connectivity index (χ1) is 21.8. The highest BCUT2D eigenvalue weighted by atomic mass is 35.5. The predicted octanol–water partition coefficient (Wildman–Crippen LogP) is 6.71. The van der Waals surface area contributed by atoms with Crippen molar-refractivity contribution in [2.75, 3.05) is 39.3 Å². The summed E-state index contributed by atoms with van der Waals surface area (Å²) in [5.41, 5.74) is 1.79. The minimum absolute atomic E-state index is 0.00317. The Kier molecular flexibility index (Phi) is 10.0. The smallest absolute Gasteiger partial charge is 0.321 e. The Labute approximate surface area is 272 Å². The van der Waals surface area contributed by atoms with Gasteiger partial charge in [0.1, 0.15) is 11.9 Å². The zero-order chi connectivity index (χ0) is 31.6. The predicted molar refractivity (Wildman–Crippen MR) is 175 cm³/mol. The average molecular weight is 639 g/mol. The van der Waals surface area contributed by atoms with Crippen molar-refractivity contribution in [3.05, 3.63) is 70.5 Å². The number of aliphatic carboxylic acids is 1. The fourth-order valence-corrected chi connectivity index (χ4v) is 8.63. The van der Waals surface area contributed by atoms with E-state index in [-0.39, 0.29) is 41.2 Å². The van der Waals surface area contributed by atoms with E-state index in [1.807, 2.05) is 35.2 Å². The lowest BCUT2D eigenvalue weighted by atomic mass is 9.83. The minimum Gasteiger partial charge on any atom is -0.480 e. The number of amides is 2. The van der Waals surface area contributed by atoms with Crippen molar-refractivity contribution < 1.29 is 19.1 Å².